The summed E-state index contributed by atoms with van der Waals surface area (Å²) in [7, 11) is 0. The number of nitrogens with one attached hydrogen (secondary N) is 5. The molecule has 3 aromatic rings. The second kappa shape index (κ2) is 12.0. The Morgan fingerprint density at radius 2 is 1.83 bits per heavy atom. The van der Waals surface area contributed by atoms with E-state index in [9.17, 15) is 19.2 Å². The lowest BCUT2D eigenvalue weighted by atomic mass is 10.1. The van der Waals surface area contributed by atoms with E-state index in [-0.39, 0.29) is 18.6 Å². The Morgan fingerprint density at radius 3 is 2.51 bits per heavy atom. The number of rotatable bonds is 12. The number of amides is 3. The highest BCUT2D eigenvalue weighted by Crippen LogP contribution is 2.18. The Kier molecular flexibility index (Phi) is 8.86. The van der Waals surface area contributed by atoms with Gasteiger partial charge < -0.3 is 36.8 Å². The molecule has 2 heterocycles. The first-order chi connectivity index (χ1) is 16.8. The van der Waals surface area contributed by atoms with E-state index in [4.69, 9.17) is 10.8 Å². The molecule has 0 aliphatic rings. The van der Waals surface area contributed by atoms with Crippen LogP contribution in [0.5, 0.6) is 0 Å². The zero-order chi connectivity index (χ0) is 25.4. The minimum atomic E-state index is -1.25. The first kappa shape index (κ1) is 25.8. The largest absolute Gasteiger partial charge is 0.480 e. The van der Waals surface area contributed by atoms with Crippen LogP contribution < -0.4 is 21.7 Å². The van der Waals surface area contributed by atoms with Crippen LogP contribution in [0.25, 0.3) is 10.9 Å². The number of aromatic amines is 2. The van der Waals surface area contributed by atoms with Crippen molar-refractivity contribution in [1.29, 1.82) is 0 Å². The van der Waals surface area contributed by atoms with Crippen molar-refractivity contribution in [2.75, 3.05) is 12.3 Å². The van der Waals surface area contributed by atoms with E-state index in [0.29, 0.717) is 5.69 Å². The number of nitrogens with two attached hydrogens (primary N) is 1. The molecule has 35 heavy (non-hydrogen) atoms. The van der Waals surface area contributed by atoms with Gasteiger partial charge in [-0.15, -0.1) is 0 Å². The average Bonchev–Trinajstić information content (AvgIpc) is 3.50. The molecule has 0 saturated heterocycles. The number of carboxylic acids is 1. The number of benzene rings is 1. The average molecular weight is 502 g/mol. The molecule has 0 aliphatic carbocycles. The highest BCUT2D eigenvalue weighted by atomic mass is 32.1. The van der Waals surface area contributed by atoms with E-state index in [1.54, 1.807) is 6.20 Å². The molecule has 3 atom stereocenters. The maximum absolute atomic E-state index is 12.6. The number of hydrogen-bond acceptors (Lipinski definition) is 7. The van der Waals surface area contributed by atoms with Gasteiger partial charge in [0.15, 0.2) is 0 Å². The summed E-state index contributed by atoms with van der Waals surface area (Å²) < 4.78 is 0. The van der Waals surface area contributed by atoms with Gasteiger partial charge in [-0.25, -0.2) is 9.78 Å². The molecule has 186 valence electrons. The van der Waals surface area contributed by atoms with Gasteiger partial charge in [-0.3, -0.25) is 14.4 Å². The molecule has 2 aromatic heterocycles. The third-order valence-corrected chi connectivity index (χ3v) is 5.67. The van der Waals surface area contributed by atoms with Crippen LogP contribution >= 0.6 is 12.6 Å². The van der Waals surface area contributed by atoms with E-state index in [1.807, 2.05) is 24.3 Å². The van der Waals surface area contributed by atoms with Crippen LogP contribution in [0.1, 0.15) is 11.3 Å². The molecule has 0 bridgehead atoms. The molecule has 3 amide bonds. The Labute approximate surface area is 205 Å². The van der Waals surface area contributed by atoms with Gasteiger partial charge in [-0.1, -0.05) is 18.2 Å². The van der Waals surface area contributed by atoms with Crippen molar-refractivity contribution in [3.63, 3.8) is 0 Å². The number of nitrogens with zero attached hydrogens (tertiary/aromatic N) is 1. The van der Waals surface area contributed by atoms with Crippen molar-refractivity contribution in [3.05, 3.63) is 54.2 Å². The number of thiol groups is 1. The lowest BCUT2D eigenvalue weighted by molar-refractivity contribution is -0.141. The molecule has 1 aromatic carbocycles. The number of imidazole rings is 1. The standard InChI is InChI=1S/C22H27N7O5S/c23-15(5-12-7-25-16-4-2-1-3-14(12)16)20(31)26-9-19(30)28-17(6-13-8-24-11-27-13)21(32)29-18(10-35)22(33)34/h1-4,7-8,11,15,17-18,25,35H,5-6,9-10,23H2,(H,24,27)(H,26,31)(H,28,30)(H,29,32)(H,33,34). The number of hydrogen-bond donors (Lipinski definition) is 8. The summed E-state index contributed by atoms with van der Waals surface area (Å²) in [5.74, 6) is -3.26. The summed E-state index contributed by atoms with van der Waals surface area (Å²) in [5.41, 5.74) is 8.38. The van der Waals surface area contributed by atoms with Gasteiger partial charge in [0.1, 0.15) is 12.1 Å². The summed E-state index contributed by atoms with van der Waals surface area (Å²) in [5, 5.41) is 17.4. The van der Waals surface area contributed by atoms with E-state index < -0.39 is 48.4 Å². The Bertz CT molecular complexity index is 1180. The monoisotopic (exact) mass is 501 g/mol. The fraction of sp³-hybridized carbons (Fsp3) is 0.318. The fourth-order valence-electron chi connectivity index (χ4n) is 3.46. The van der Waals surface area contributed by atoms with Crippen LogP contribution in [-0.2, 0) is 32.0 Å². The van der Waals surface area contributed by atoms with Crippen molar-refractivity contribution in [1.82, 2.24) is 30.9 Å². The number of carbonyl (C=O) groups is 4. The summed E-state index contributed by atoms with van der Waals surface area (Å²) >= 11 is 3.92. The second-order valence-electron chi connectivity index (χ2n) is 7.87. The van der Waals surface area contributed by atoms with Crippen LogP contribution in [0.15, 0.2) is 43.0 Å². The van der Waals surface area contributed by atoms with Crippen molar-refractivity contribution < 1.29 is 24.3 Å². The van der Waals surface area contributed by atoms with E-state index >= 15 is 0 Å². The zero-order valence-electron chi connectivity index (χ0n) is 18.7. The minimum Gasteiger partial charge on any atom is -0.480 e. The topological polar surface area (TPSA) is 195 Å². The Morgan fingerprint density at radius 1 is 1.06 bits per heavy atom. The molecule has 3 unspecified atom stereocenters. The molecule has 0 saturated carbocycles. The van der Waals surface area contributed by atoms with Gasteiger partial charge in [-0.05, 0) is 18.1 Å². The van der Waals surface area contributed by atoms with E-state index in [1.165, 1.54) is 12.5 Å². The normalized spacial score (nSPS) is 13.5. The van der Waals surface area contributed by atoms with Crippen molar-refractivity contribution >= 4 is 47.2 Å². The first-order valence-corrected chi connectivity index (χ1v) is 11.4. The second-order valence-corrected chi connectivity index (χ2v) is 8.24. The van der Waals surface area contributed by atoms with Crippen LogP contribution in [0.4, 0.5) is 0 Å². The third-order valence-electron chi connectivity index (χ3n) is 5.30. The van der Waals surface area contributed by atoms with Crippen molar-refractivity contribution in [2.45, 2.75) is 31.0 Å². The maximum atomic E-state index is 12.6. The molecule has 0 spiro atoms. The zero-order valence-corrected chi connectivity index (χ0v) is 19.5. The number of H-pyrrole nitrogens is 2. The molecule has 3 rings (SSSR count). The minimum absolute atomic E-state index is 0.0322. The number of para-hydroxylation sites is 1. The number of aliphatic carboxylic acids is 1. The summed E-state index contributed by atoms with van der Waals surface area (Å²) in [6.45, 7) is -0.415. The SMILES string of the molecule is NC(Cc1c[nH]c2ccccc12)C(=O)NCC(=O)NC(Cc1cnc[nH]1)C(=O)NC(CS)C(=O)O. The smallest absolute Gasteiger partial charge is 0.327 e. The highest BCUT2D eigenvalue weighted by molar-refractivity contribution is 7.80. The van der Waals surface area contributed by atoms with Gasteiger partial charge in [0.25, 0.3) is 0 Å². The molecule has 8 N–H and O–H groups in total. The molecular weight excluding hydrogens is 474 g/mol. The lowest BCUT2D eigenvalue weighted by Crippen LogP contribution is -2.55. The van der Waals surface area contributed by atoms with E-state index in [0.717, 1.165) is 16.5 Å². The molecule has 12 nitrogen and oxygen atoms in total. The van der Waals surface area contributed by atoms with Gasteiger partial charge in [-0.2, -0.15) is 12.6 Å². The number of fused-ring (bicyclic) bond motifs is 1. The quantitative estimate of drug-likeness (QED) is 0.147. The predicted octanol–water partition coefficient (Wildman–Crippen LogP) is -0.896. The third kappa shape index (κ3) is 7.07. The van der Waals surface area contributed by atoms with E-state index in [2.05, 4.69) is 43.5 Å². The molecular formula is C22H27N7O5S. The van der Waals surface area contributed by atoms with Gasteiger partial charge in [0, 0.05) is 41.2 Å². The fourth-order valence-corrected chi connectivity index (χ4v) is 3.70. The number of carboxylic acid groups (broad SMARTS) is 1. The molecule has 13 heteroatoms. The number of aromatic nitrogens is 3. The van der Waals surface area contributed by atoms with Crippen LogP contribution in [0.2, 0.25) is 0 Å². The highest BCUT2D eigenvalue weighted by Gasteiger charge is 2.27. The van der Waals surface area contributed by atoms with Crippen LogP contribution in [0, 0.1) is 0 Å². The molecule has 0 fully saturated rings. The molecule has 0 radical (unpaired) electrons. The Hall–Kier alpha value is -3.84. The summed E-state index contributed by atoms with van der Waals surface area (Å²) in [6.07, 6.45) is 4.98. The molecule has 0 aliphatic heterocycles. The lowest BCUT2D eigenvalue weighted by Gasteiger charge is -2.20. The van der Waals surface area contributed by atoms with Crippen LogP contribution in [-0.4, -0.2) is 74.2 Å². The first-order valence-electron chi connectivity index (χ1n) is 10.8. The van der Waals surface area contributed by atoms with Gasteiger partial charge in [0.05, 0.1) is 18.9 Å². The van der Waals surface area contributed by atoms with Gasteiger partial charge >= 0.3 is 5.97 Å². The maximum Gasteiger partial charge on any atom is 0.327 e. The van der Waals surface area contributed by atoms with Crippen LogP contribution in [0.3, 0.4) is 0 Å². The summed E-state index contributed by atoms with van der Waals surface area (Å²) in [6, 6.07) is 4.40. The van der Waals surface area contributed by atoms with Gasteiger partial charge in [0.2, 0.25) is 17.7 Å². The summed E-state index contributed by atoms with van der Waals surface area (Å²) in [4.78, 5) is 58.6. The predicted molar refractivity (Wildman–Crippen MR) is 131 cm³/mol. The van der Waals surface area contributed by atoms with Crippen molar-refractivity contribution in [2.24, 2.45) is 5.73 Å². The Balaban J connectivity index is 1.56. The number of carbonyl (C=O) groups excluding carboxylic acids is 3. The van der Waals surface area contributed by atoms with Crippen molar-refractivity contribution in [3.8, 4) is 0 Å².